The van der Waals surface area contributed by atoms with Gasteiger partial charge in [-0.2, -0.15) is 4.98 Å². The Morgan fingerprint density at radius 3 is 2.42 bits per heavy atom. The van der Waals surface area contributed by atoms with Gasteiger partial charge in [0.1, 0.15) is 0 Å². The molecule has 1 aromatic heterocycles. The number of aromatic nitrogens is 1. The SMILES string of the molecule is CNc1nc(Oc2ccccc2OC)c(F)cc1F. The number of hydrogen-bond acceptors (Lipinski definition) is 4. The second kappa shape index (κ2) is 5.51. The molecule has 0 radical (unpaired) electrons. The topological polar surface area (TPSA) is 43.4 Å². The lowest BCUT2D eigenvalue weighted by molar-refractivity contribution is 0.363. The van der Waals surface area contributed by atoms with Crippen LogP contribution in [0.3, 0.4) is 0 Å². The summed E-state index contributed by atoms with van der Waals surface area (Å²) in [6.45, 7) is 0. The molecule has 0 spiro atoms. The van der Waals surface area contributed by atoms with Gasteiger partial charge in [0.2, 0.25) is 0 Å². The van der Waals surface area contributed by atoms with Crippen molar-refractivity contribution >= 4 is 5.82 Å². The first-order chi connectivity index (χ1) is 9.15. The van der Waals surface area contributed by atoms with Crippen LogP contribution in [0.5, 0.6) is 17.4 Å². The van der Waals surface area contributed by atoms with E-state index < -0.39 is 11.6 Å². The summed E-state index contributed by atoms with van der Waals surface area (Å²) in [5.74, 6) is -1.36. The van der Waals surface area contributed by atoms with Crippen molar-refractivity contribution in [2.75, 3.05) is 19.5 Å². The number of rotatable bonds is 4. The highest BCUT2D eigenvalue weighted by molar-refractivity contribution is 5.44. The third-order valence-corrected chi connectivity index (χ3v) is 2.41. The van der Waals surface area contributed by atoms with Crippen LogP contribution in [0.2, 0.25) is 0 Å². The molecule has 0 unspecified atom stereocenters. The van der Waals surface area contributed by atoms with Gasteiger partial charge in [-0.25, -0.2) is 8.78 Å². The van der Waals surface area contributed by atoms with Crippen molar-refractivity contribution in [2.45, 2.75) is 0 Å². The number of benzene rings is 1. The van der Waals surface area contributed by atoms with Crippen molar-refractivity contribution < 1.29 is 18.3 Å². The monoisotopic (exact) mass is 266 g/mol. The van der Waals surface area contributed by atoms with Crippen LogP contribution in [0.15, 0.2) is 30.3 Å². The maximum Gasteiger partial charge on any atom is 0.258 e. The lowest BCUT2D eigenvalue weighted by Gasteiger charge is -2.11. The van der Waals surface area contributed by atoms with Gasteiger partial charge in [0.15, 0.2) is 29.0 Å². The van der Waals surface area contributed by atoms with Crippen molar-refractivity contribution in [3.63, 3.8) is 0 Å². The van der Waals surface area contributed by atoms with Gasteiger partial charge in [-0.3, -0.25) is 0 Å². The molecule has 4 nitrogen and oxygen atoms in total. The largest absolute Gasteiger partial charge is 0.493 e. The van der Waals surface area contributed by atoms with Gasteiger partial charge < -0.3 is 14.8 Å². The van der Waals surface area contributed by atoms with Crippen molar-refractivity contribution in [3.05, 3.63) is 42.0 Å². The lowest BCUT2D eigenvalue weighted by atomic mass is 10.3. The van der Waals surface area contributed by atoms with Gasteiger partial charge in [0, 0.05) is 13.1 Å². The highest BCUT2D eigenvalue weighted by Gasteiger charge is 2.14. The van der Waals surface area contributed by atoms with E-state index >= 15 is 0 Å². The van der Waals surface area contributed by atoms with E-state index in [1.807, 2.05) is 0 Å². The minimum Gasteiger partial charge on any atom is -0.493 e. The van der Waals surface area contributed by atoms with Gasteiger partial charge in [0.25, 0.3) is 5.88 Å². The van der Waals surface area contributed by atoms with Gasteiger partial charge in [-0.1, -0.05) is 12.1 Å². The third-order valence-electron chi connectivity index (χ3n) is 2.41. The Kier molecular flexibility index (Phi) is 3.79. The first-order valence-corrected chi connectivity index (χ1v) is 5.50. The van der Waals surface area contributed by atoms with E-state index in [2.05, 4.69) is 10.3 Å². The van der Waals surface area contributed by atoms with Gasteiger partial charge in [-0.15, -0.1) is 0 Å². The Hall–Kier alpha value is -2.37. The predicted molar refractivity (Wildman–Crippen MR) is 66.8 cm³/mol. The highest BCUT2D eigenvalue weighted by atomic mass is 19.1. The van der Waals surface area contributed by atoms with Crippen LogP contribution >= 0.6 is 0 Å². The molecule has 1 heterocycles. The number of pyridine rings is 1. The number of nitrogens with one attached hydrogen (secondary N) is 1. The maximum absolute atomic E-state index is 13.6. The molecule has 0 aliphatic carbocycles. The summed E-state index contributed by atoms with van der Waals surface area (Å²) in [5, 5.41) is 2.51. The molecule has 0 aliphatic heterocycles. The van der Waals surface area contributed by atoms with E-state index in [1.165, 1.54) is 14.2 Å². The standard InChI is InChI=1S/C13H12F2N2O2/c1-16-12-8(14)7-9(15)13(17-12)19-11-6-4-3-5-10(11)18-2/h3-7H,1-2H3,(H,16,17). The zero-order valence-electron chi connectivity index (χ0n) is 10.4. The van der Waals surface area contributed by atoms with E-state index in [0.29, 0.717) is 17.6 Å². The van der Waals surface area contributed by atoms with E-state index in [0.717, 1.165) is 0 Å². The van der Waals surface area contributed by atoms with E-state index in [1.54, 1.807) is 24.3 Å². The van der Waals surface area contributed by atoms with Gasteiger partial charge in [0.05, 0.1) is 7.11 Å². The first kappa shape index (κ1) is 13.1. The molecule has 1 N–H and O–H groups in total. The zero-order chi connectivity index (χ0) is 13.8. The van der Waals surface area contributed by atoms with Crippen molar-refractivity contribution in [2.24, 2.45) is 0 Å². The fraction of sp³-hybridized carbons (Fsp3) is 0.154. The number of halogens is 2. The van der Waals surface area contributed by atoms with Crippen LogP contribution in [-0.2, 0) is 0 Å². The molecular weight excluding hydrogens is 254 g/mol. The Balaban J connectivity index is 2.38. The number of anilines is 1. The summed E-state index contributed by atoms with van der Waals surface area (Å²) >= 11 is 0. The second-order valence-electron chi connectivity index (χ2n) is 3.61. The molecule has 0 saturated heterocycles. The molecule has 6 heteroatoms. The second-order valence-corrected chi connectivity index (χ2v) is 3.61. The summed E-state index contributed by atoms with van der Waals surface area (Å²) in [7, 11) is 2.95. The molecule has 0 bridgehead atoms. The number of para-hydroxylation sites is 2. The lowest BCUT2D eigenvalue weighted by Crippen LogP contribution is -2.01. The maximum atomic E-state index is 13.6. The Bertz CT molecular complexity index is 591. The average Bonchev–Trinajstić information content (AvgIpc) is 2.42. The average molecular weight is 266 g/mol. The summed E-state index contributed by atoms with van der Waals surface area (Å²) in [5.41, 5.74) is 0. The first-order valence-electron chi connectivity index (χ1n) is 5.50. The summed E-state index contributed by atoms with van der Waals surface area (Å²) < 4.78 is 37.2. The van der Waals surface area contributed by atoms with Gasteiger partial charge in [-0.05, 0) is 12.1 Å². The van der Waals surface area contributed by atoms with E-state index in [4.69, 9.17) is 9.47 Å². The Morgan fingerprint density at radius 2 is 1.79 bits per heavy atom. The number of nitrogens with zero attached hydrogens (tertiary/aromatic N) is 1. The number of hydrogen-bond donors (Lipinski definition) is 1. The molecule has 2 rings (SSSR count). The van der Waals surface area contributed by atoms with Crippen LogP contribution in [0, 0.1) is 11.6 Å². The molecule has 100 valence electrons. The summed E-state index contributed by atoms with van der Waals surface area (Å²) in [6.07, 6.45) is 0. The molecule has 0 saturated carbocycles. The summed E-state index contributed by atoms with van der Waals surface area (Å²) in [6, 6.07) is 7.43. The molecule has 19 heavy (non-hydrogen) atoms. The van der Waals surface area contributed by atoms with Crippen LogP contribution < -0.4 is 14.8 Å². The zero-order valence-corrected chi connectivity index (χ0v) is 10.4. The Labute approximate surface area is 109 Å². The predicted octanol–water partition coefficient (Wildman–Crippen LogP) is 3.20. The van der Waals surface area contributed by atoms with Crippen LogP contribution in [0.4, 0.5) is 14.6 Å². The molecular formula is C13H12F2N2O2. The normalized spacial score (nSPS) is 10.1. The number of ether oxygens (including phenoxy) is 2. The van der Waals surface area contributed by atoms with Crippen molar-refractivity contribution in [1.82, 2.24) is 4.98 Å². The van der Waals surface area contributed by atoms with Gasteiger partial charge >= 0.3 is 0 Å². The minimum atomic E-state index is -0.887. The number of methoxy groups -OCH3 is 1. The van der Waals surface area contributed by atoms with Crippen molar-refractivity contribution in [3.8, 4) is 17.4 Å². The van der Waals surface area contributed by atoms with E-state index in [9.17, 15) is 8.78 Å². The smallest absolute Gasteiger partial charge is 0.258 e. The molecule has 0 atom stereocenters. The molecule has 0 aliphatic rings. The molecule has 0 amide bonds. The fourth-order valence-corrected chi connectivity index (χ4v) is 1.50. The summed E-state index contributed by atoms with van der Waals surface area (Å²) in [4.78, 5) is 3.72. The molecule has 2 aromatic rings. The van der Waals surface area contributed by atoms with E-state index in [-0.39, 0.29) is 11.7 Å². The molecule has 1 aromatic carbocycles. The Morgan fingerprint density at radius 1 is 1.11 bits per heavy atom. The fourth-order valence-electron chi connectivity index (χ4n) is 1.50. The third kappa shape index (κ3) is 2.73. The molecule has 0 fully saturated rings. The highest BCUT2D eigenvalue weighted by Crippen LogP contribution is 2.32. The van der Waals surface area contributed by atoms with Crippen LogP contribution in [-0.4, -0.2) is 19.1 Å². The van der Waals surface area contributed by atoms with Crippen LogP contribution in [0.1, 0.15) is 0 Å². The quantitative estimate of drug-likeness (QED) is 0.922. The van der Waals surface area contributed by atoms with Crippen LogP contribution in [0.25, 0.3) is 0 Å². The van der Waals surface area contributed by atoms with Crippen molar-refractivity contribution in [1.29, 1.82) is 0 Å². The minimum absolute atomic E-state index is 0.0914.